The van der Waals surface area contributed by atoms with Crippen LogP contribution in [-0.2, 0) is 0 Å². The summed E-state index contributed by atoms with van der Waals surface area (Å²) >= 11 is 0. The first-order chi connectivity index (χ1) is 13.3. The number of nitrogens with two attached hydrogens (primary N) is 1. The maximum atomic E-state index is 15.1. The van der Waals surface area contributed by atoms with Crippen LogP contribution < -0.4 is 16.2 Å². The number of aromatic carboxylic acids is 1. The maximum Gasteiger partial charge on any atom is 0.341 e. The zero-order valence-corrected chi connectivity index (χ0v) is 16.2. The Labute approximate surface area is 162 Å². The molecule has 4 rings (SSSR count). The normalized spacial score (nSPS) is 22.6. The van der Waals surface area contributed by atoms with Crippen molar-refractivity contribution >= 4 is 17.2 Å². The van der Waals surface area contributed by atoms with Crippen molar-refractivity contribution < 1.29 is 14.3 Å². The van der Waals surface area contributed by atoms with Crippen molar-refractivity contribution in [2.45, 2.75) is 51.5 Å². The van der Waals surface area contributed by atoms with E-state index in [0.29, 0.717) is 29.2 Å². The van der Waals surface area contributed by atoms with Gasteiger partial charge in [0.25, 0.3) is 5.56 Å². The van der Waals surface area contributed by atoms with Gasteiger partial charge >= 0.3 is 5.97 Å². The summed E-state index contributed by atoms with van der Waals surface area (Å²) in [5, 5.41) is 9.40. The molecule has 2 atom stereocenters. The molecule has 0 radical (unpaired) electrons. The lowest BCUT2D eigenvalue weighted by molar-refractivity contribution is 0.0694. The highest BCUT2D eigenvalue weighted by molar-refractivity contribution is 5.89. The zero-order chi connectivity index (χ0) is 20.2. The molecule has 3 N–H and O–H groups in total. The number of aryl methyl sites for hydroxylation is 1. The summed E-state index contributed by atoms with van der Waals surface area (Å²) < 4.78 is 16.3. The molecule has 2 fully saturated rings. The molecule has 0 spiro atoms. The Hall–Kier alpha value is -2.41. The van der Waals surface area contributed by atoms with E-state index in [-0.39, 0.29) is 17.5 Å². The lowest BCUT2D eigenvalue weighted by Crippen LogP contribution is -2.49. The molecule has 2 aromatic heterocycles. The third-order valence-electron chi connectivity index (χ3n) is 6.34. The second-order valence-corrected chi connectivity index (χ2v) is 8.13. The Morgan fingerprint density at radius 1 is 1.36 bits per heavy atom. The highest BCUT2D eigenvalue weighted by Crippen LogP contribution is 2.44. The largest absolute Gasteiger partial charge is 0.477 e. The number of aromatic nitrogens is 1. The predicted octanol–water partition coefficient (Wildman–Crippen LogP) is 2.89. The van der Waals surface area contributed by atoms with Crippen LogP contribution in [0, 0.1) is 18.7 Å². The molecule has 0 unspecified atom stereocenters. The SMILES string of the molecule is CC[C@H]1CCN(c2c(F)cn3c(=O)c(C(=O)O)cc(C4CC4)c3c2C)C[C@H]1N. The van der Waals surface area contributed by atoms with Crippen molar-refractivity contribution in [3.63, 3.8) is 0 Å². The zero-order valence-electron chi connectivity index (χ0n) is 16.2. The average Bonchev–Trinajstić information content (AvgIpc) is 3.47. The molecule has 6 nitrogen and oxygen atoms in total. The molecule has 7 heteroatoms. The van der Waals surface area contributed by atoms with Gasteiger partial charge in [-0.1, -0.05) is 13.3 Å². The molecule has 150 valence electrons. The standard InChI is InChI=1S/C21H26FN3O3/c1-3-12-6-7-24(10-17(12)23)19-11(2)18-14(13-4-5-13)8-15(21(27)28)20(26)25(18)9-16(19)22/h8-9,12-13,17H,3-7,10,23H2,1-2H3,(H,27,28)/t12-,17+/m0/s1. The van der Waals surface area contributed by atoms with Crippen LogP contribution in [0.1, 0.15) is 60.0 Å². The van der Waals surface area contributed by atoms with Gasteiger partial charge in [-0.05, 0) is 55.2 Å². The van der Waals surface area contributed by atoms with E-state index >= 15 is 4.39 Å². The Morgan fingerprint density at radius 2 is 2.07 bits per heavy atom. The van der Waals surface area contributed by atoms with Gasteiger partial charge in [-0.2, -0.15) is 0 Å². The third kappa shape index (κ3) is 2.98. The van der Waals surface area contributed by atoms with Gasteiger partial charge in [0.2, 0.25) is 0 Å². The van der Waals surface area contributed by atoms with Gasteiger partial charge in [0.15, 0.2) is 5.82 Å². The first-order valence-corrected chi connectivity index (χ1v) is 9.95. The Balaban J connectivity index is 1.91. The van der Waals surface area contributed by atoms with Crippen LogP contribution in [0.2, 0.25) is 0 Å². The number of carboxylic acid groups (broad SMARTS) is 1. The van der Waals surface area contributed by atoms with Gasteiger partial charge in [0.1, 0.15) is 5.56 Å². The monoisotopic (exact) mass is 387 g/mol. The molecule has 3 heterocycles. The number of anilines is 1. The number of halogens is 1. The van der Waals surface area contributed by atoms with Crippen molar-refractivity contribution in [2.75, 3.05) is 18.0 Å². The first-order valence-electron chi connectivity index (χ1n) is 9.95. The quantitative estimate of drug-likeness (QED) is 0.842. The number of hydrogen-bond donors (Lipinski definition) is 2. The summed E-state index contributed by atoms with van der Waals surface area (Å²) in [4.78, 5) is 26.2. The number of fused-ring (bicyclic) bond motifs is 1. The summed E-state index contributed by atoms with van der Waals surface area (Å²) in [7, 11) is 0. The molecule has 1 aliphatic heterocycles. The van der Waals surface area contributed by atoms with Gasteiger partial charge in [-0.15, -0.1) is 0 Å². The average molecular weight is 387 g/mol. The molecule has 28 heavy (non-hydrogen) atoms. The van der Waals surface area contributed by atoms with Crippen molar-refractivity contribution in [1.82, 2.24) is 4.40 Å². The van der Waals surface area contributed by atoms with E-state index in [4.69, 9.17) is 5.73 Å². The van der Waals surface area contributed by atoms with Gasteiger partial charge in [0, 0.05) is 19.1 Å². The first kappa shape index (κ1) is 18.9. The number of hydrogen-bond acceptors (Lipinski definition) is 4. The van der Waals surface area contributed by atoms with Gasteiger partial charge in [-0.3, -0.25) is 9.20 Å². The van der Waals surface area contributed by atoms with E-state index in [1.54, 1.807) is 0 Å². The Morgan fingerprint density at radius 3 is 2.64 bits per heavy atom. The van der Waals surface area contributed by atoms with E-state index < -0.39 is 17.3 Å². The van der Waals surface area contributed by atoms with Gasteiger partial charge in [-0.25, -0.2) is 9.18 Å². The molecule has 2 aromatic rings. The highest BCUT2D eigenvalue weighted by Gasteiger charge is 2.32. The minimum atomic E-state index is -1.28. The molecular formula is C21H26FN3O3. The fourth-order valence-corrected chi connectivity index (χ4v) is 4.63. The van der Waals surface area contributed by atoms with Gasteiger partial charge in [0.05, 0.1) is 17.4 Å². The van der Waals surface area contributed by atoms with Crippen molar-refractivity contribution in [3.8, 4) is 0 Å². The molecule has 0 aromatic carbocycles. The summed E-state index contributed by atoms with van der Waals surface area (Å²) in [6.45, 7) is 5.23. The molecule has 0 amide bonds. The molecule has 1 saturated heterocycles. The minimum Gasteiger partial charge on any atom is -0.477 e. The van der Waals surface area contributed by atoms with E-state index in [0.717, 1.165) is 44.0 Å². The van der Waals surface area contributed by atoms with E-state index in [1.165, 1.54) is 10.5 Å². The second kappa shape index (κ2) is 6.88. The number of nitrogens with zero attached hydrogens (tertiary/aromatic N) is 2. The summed E-state index contributed by atoms with van der Waals surface area (Å²) in [6, 6.07) is 1.47. The topological polar surface area (TPSA) is 88.0 Å². The smallest absolute Gasteiger partial charge is 0.341 e. The summed E-state index contributed by atoms with van der Waals surface area (Å²) in [6.07, 6.45) is 4.96. The molecule has 1 saturated carbocycles. The second-order valence-electron chi connectivity index (χ2n) is 8.13. The van der Waals surface area contributed by atoms with Crippen LogP contribution in [0.4, 0.5) is 10.1 Å². The number of piperidine rings is 1. The number of carboxylic acids is 1. The molecular weight excluding hydrogens is 361 g/mol. The predicted molar refractivity (Wildman–Crippen MR) is 106 cm³/mol. The third-order valence-corrected chi connectivity index (χ3v) is 6.34. The number of carbonyl (C=O) groups is 1. The molecule has 0 bridgehead atoms. The Bertz CT molecular complexity index is 1010. The maximum absolute atomic E-state index is 15.1. The molecule has 1 aliphatic carbocycles. The molecule has 2 aliphatic rings. The van der Waals surface area contributed by atoms with Crippen LogP contribution in [0.3, 0.4) is 0 Å². The fraction of sp³-hybridized carbons (Fsp3) is 0.524. The Kier molecular flexibility index (Phi) is 4.65. The van der Waals surface area contributed by atoms with Crippen molar-refractivity contribution in [3.05, 3.63) is 45.1 Å². The lowest BCUT2D eigenvalue weighted by Gasteiger charge is -2.38. The van der Waals surface area contributed by atoms with Crippen LogP contribution in [-0.4, -0.2) is 34.6 Å². The van der Waals surface area contributed by atoms with Crippen molar-refractivity contribution in [2.24, 2.45) is 11.7 Å². The fourth-order valence-electron chi connectivity index (χ4n) is 4.63. The van der Waals surface area contributed by atoms with E-state index in [9.17, 15) is 14.7 Å². The van der Waals surface area contributed by atoms with Crippen molar-refractivity contribution in [1.29, 1.82) is 0 Å². The van der Waals surface area contributed by atoms with Crippen LogP contribution in [0.5, 0.6) is 0 Å². The van der Waals surface area contributed by atoms with E-state index in [2.05, 4.69) is 6.92 Å². The summed E-state index contributed by atoms with van der Waals surface area (Å²) in [5.41, 5.74) is 7.93. The number of rotatable bonds is 4. The number of pyridine rings is 2. The van der Waals surface area contributed by atoms with E-state index in [1.807, 2.05) is 11.8 Å². The van der Waals surface area contributed by atoms with Crippen LogP contribution >= 0.6 is 0 Å². The minimum absolute atomic E-state index is 0.0201. The lowest BCUT2D eigenvalue weighted by atomic mass is 9.89. The summed E-state index contributed by atoms with van der Waals surface area (Å²) in [5.74, 6) is -1.14. The van der Waals surface area contributed by atoms with Gasteiger partial charge < -0.3 is 15.7 Å². The van der Waals surface area contributed by atoms with Crippen LogP contribution in [0.15, 0.2) is 17.1 Å². The highest BCUT2D eigenvalue weighted by atomic mass is 19.1. The van der Waals surface area contributed by atoms with Crippen LogP contribution in [0.25, 0.3) is 5.52 Å².